The summed E-state index contributed by atoms with van der Waals surface area (Å²) in [6, 6.07) is 10.5. The van der Waals surface area contributed by atoms with Crippen LogP contribution < -0.4 is 10.1 Å². The van der Waals surface area contributed by atoms with Gasteiger partial charge in [0, 0.05) is 24.4 Å². The minimum absolute atomic E-state index is 0.103. The molecule has 0 aromatic heterocycles. The van der Waals surface area contributed by atoms with Gasteiger partial charge in [0.05, 0.1) is 23.7 Å². The number of halogens is 2. The summed E-state index contributed by atoms with van der Waals surface area (Å²) in [7, 11) is 3.12. The van der Waals surface area contributed by atoms with Crippen molar-refractivity contribution in [2.75, 3.05) is 26.0 Å². The van der Waals surface area contributed by atoms with Gasteiger partial charge in [-0.1, -0.05) is 34.8 Å². The summed E-state index contributed by atoms with van der Waals surface area (Å²) < 4.78 is 5.28. The molecule has 0 aliphatic rings. The first kappa shape index (κ1) is 20.8. The zero-order valence-electron chi connectivity index (χ0n) is 15.3. The fraction of sp³-hybridized carbons (Fsp3) is 0.200. The van der Waals surface area contributed by atoms with Gasteiger partial charge >= 0.3 is 0 Å². The van der Waals surface area contributed by atoms with Gasteiger partial charge in [-0.25, -0.2) is 0 Å². The largest absolute Gasteiger partial charge is 0.496 e. The minimum atomic E-state index is -0.342. The van der Waals surface area contributed by atoms with Gasteiger partial charge in [-0.15, -0.1) is 0 Å². The highest BCUT2D eigenvalue weighted by Gasteiger charge is 2.12. The smallest absolute Gasteiger partial charge is 0.246 e. The Morgan fingerprint density at radius 2 is 1.89 bits per heavy atom. The molecule has 2 rings (SSSR count). The highest BCUT2D eigenvalue weighted by molar-refractivity contribution is 6.42. The number of benzene rings is 2. The van der Waals surface area contributed by atoms with Crippen LogP contribution in [0.15, 0.2) is 42.5 Å². The maximum Gasteiger partial charge on any atom is 0.246 e. The number of methoxy groups -OCH3 is 1. The predicted molar refractivity (Wildman–Crippen MR) is 109 cm³/mol. The minimum Gasteiger partial charge on any atom is -0.496 e. The van der Waals surface area contributed by atoms with Crippen molar-refractivity contribution in [3.8, 4) is 5.75 Å². The van der Waals surface area contributed by atoms with Crippen LogP contribution in [0.4, 0.5) is 5.69 Å². The number of amides is 2. The second-order valence-electron chi connectivity index (χ2n) is 5.95. The SMILES string of the molecule is COc1ccc(C)cc1/C=C/C(=O)N(C)CC(=O)Nc1ccc(Cl)c(Cl)c1. The maximum atomic E-state index is 12.3. The third-order valence-corrected chi connectivity index (χ3v) is 4.49. The molecule has 0 aliphatic carbocycles. The lowest BCUT2D eigenvalue weighted by atomic mass is 10.1. The molecule has 0 saturated carbocycles. The fourth-order valence-electron chi connectivity index (χ4n) is 2.34. The molecular weight excluding hydrogens is 387 g/mol. The summed E-state index contributed by atoms with van der Waals surface area (Å²) in [6.07, 6.45) is 3.07. The molecule has 2 aromatic rings. The van der Waals surface area contributed by atoms with Gasteiger partial charge in [0.15, 0.2) is 0 Å². The Bertz CT molecular complexity index is 882. The summed E-state index contributed by atoms with van der Waals surface area (Å²) in [5, 5.41) is 3.42. The van der Waals surface area contributed by atoms with Crippen molar-refractivity contribution in [3.05, 3.63) is 63.6 Å². The predicted octanol–water partition coefficient (Wildman–Crippen LogP) is 4.42. The number of carbonyl (C=O) groups excluding carboxylic acids is 2. The maximum absolute atomic E-state index is 12.3. The molecule has 27 heavy (non-hydrogen) atoms. The Labute approximate surface area is 168 Å². The van der Waals surface area contributed by atoms with E-state index in [1.807, 2.05) is 25.1 Å². The summed E-state index contributed by atoms with van der Waals surface area (Å²) in [6.45, 7) is 1.85. The average Bonchev–Trinajstić information content (AvgIpc) is 2.62. The van der Waals surface area contributed by atoms with Gasteiger partial charge in [0.25, 0.3) is 0 Å². The molecule has 0 radical (unpaired) electrons. The number of hydrogen-bond donors (Lipinski definition) is 1. The standard InChI is InChI=1S/C20H20Cl2N2O3/c1-13-4-8-18(27-3)14(10-13)5-9-20(26)24(2)12-19(25)23-15-6-7-16(21)17(22)11-15/h4-11H,12H2,1-3H3,(H,23,25)/b9-5+. The zero-order valence-corrected chi connectivity index (χ0v) is 16.8. The molecule has 0 spiro atoms. The van der Waals surface area contributed by atoms with Crippen LogP contribution in [0.2, 0.25) is 10.0 Å². The molecule has 0 bridgehead atoms. The summed E-state index contributed by atoms with van der Waals surface area (Å²) in [4.78, 5) is 25.7. The number of rotatable bonds is 6. The first-order chi connectivity index (χ1) is 12.8. The van der Waals surface area contributed by atoms with E-state index in [-0.39, 0.29) is 18.4 Å². The van der Waals surface area contributed by atoms with Crippen LogP contribution in [0.5, 0.6) is 5.75 Å². The number of anilines is 1. The number of likely N-dealkylation sites (N-methyl/N-ethyl adjacent to an activating group) is 1. The summed E-state index contributed by atoms with van der Waals surface area (Å²) >= 11 is 11.8. The van der Waals surface area contributed by atoms with Gasteiger partial charge in [-0.05, 0) is 43.3 Å². The van der Waals surface area contributed by atoms with Crippen LogP contribution >= 0.6 is 23.2 Å². The first-order valence-electron chi connectivity index (χ1n) is 8.13. The van der Waals surface area contributed by atoms with Crippen molar-refractivity contribution in [1.29, 1.82) is 0 Å². The highest BCUT2D eigenvalue weighted by Crippen LogP contribution is 2.25. The van der Waals surface area contributed by atoms with E-state index in [1.54, 1.807) is 38.4 Å². The van der Waals surface area contributed by atoms with Gasteiger partial charge in [0.2, 0.25) is 11.8 Å². The molecular formula is C20H20Cl2N2O3. The average molecular weight is 407 g/mol. The van der Waals surface area contributed by atoms with Crippen LogP contribution in [-0.2, 0) is 9.59 Å². The van der Waals surface area contributed by atoms with Crippen molar-refractivity contribution >= 4 is 46.8 Å². The number of carbonyl (C=O) groups is 2. The molecule has 2 amide bonds. The van der Waals surface area contributed by atoms with E-state index in [4.69, 9.17) is 27.9 Å². The van der Waals surface area contributed by atoms with E-state index in [9.17, 15) is 9.59 Å². The second-order valence-corrected chi connectivity index (χ2v) is 6.76. The fourth-order valence-corrected chi connectivity index (χ4v) is 2.64. The van der Waals surface area contributed by atoms with Gasteiger partial charge in [-0.3, -0.25) is 9.59 Å². The Balaban J connectivity index is 1.97. The zero-order chi connectivity index (χ0) is 20.0. The Morgan fingerprint density at radius 3 is 2.56 bits per heavy atom. The van der Waals surface area contributed by atoms with E-state index in [0.29, 0.717) is 21.5 Å². The summed E-state index contributed by atoms with van der Waals surface area (Å²) in [5.74, 6) is 0.0262. The Morgan fingerprint density at radius 1 is 1.15 bits per heavy atom. The first-order valence-corrected chi connectivity index (χ1v) is 8.88. The van der Waals surface area contributed by atoms with Crippen molar-refractivity contribution < 1.29 is 14.3 Å². The quantitative estimate of drug-likeness (QED) is 0.722. The van der Waals surface area contributed by atoms with Crippen molar-refractivity contribution in [1.82, 2.24) is 4.90 Å². The number of ether oxygens (including phenoxy) is 1. The van der Waals surface area contributed by atoms with Gasteiger partial charge in [-0.2, -0.15) is 0 Å². The lowest BCUT2D eigenvalue weighted by Crippen LogP contribution is -2.33. The number of nitrogens with zero attached hydrogens (tertiary/aromatic N) is 1. The lowest BCUT2D eigenvalue weighted by molar-refractivity contribution is -0.129. The van der Waals surface area contributed by atoms with E-state index < -0.39 is 0 Å². The number of hydrogen-bond acceptors (Lipinski definition) is 3. The van der Waals surface area contributed by atoms with E-state index in [1.165, 1.54) is 11.0 Å². The summed E-state index contributed by atoms with van der Waals surface area (Å²) in [5.41, 5.74) is 2.35. The molecule has 0 unspecified atom stereocenters. The molecule has 0 aliphatic heterocycles. The van der Waals surface area contributed by atoms with Crippen LogP contribution in [-0.4, -0.2) is 37.4 Å². The molecule has 0 atom stereocenters. The Kier molecular flexibility index (Phi) is 7.28. The number of nitrogens with one attached hydrogen (secondary N) is 1. The molecule has 2 aromatic carbocycles. The molecule has 7 heteroatoms. The van der Waals surface area contributed by atoms with E-state index in [0.717, 1.165) is 11.1 Å². The van der Waals surface area contributed by atoms with Crippen LogP contribution in [0.25, 0.3) is 6.08 Å². The third-order valence-electron chi connectivity index (χ3n) is 3.75. The van der Waals surface area contributed by atoms with Crippen molar-refractivity contribution in [3.63, 3.8) is 0 Å². The van der Waals surface area contributed by atoms with Crippen molar-refractivity contribution in [2.24, 2.45) is 0 Å². The monoisotopic (exact) mass is 406 g/mol. The number of aryl methyl sites for hydroxylation is 1. The topological polar surface area (TPSA) is 58.6 Å². The van der Waals surface area contributed by atoms with Gasteiger partial charge < -0.3 is 15.0 Å². The van der Waals surface area contributed by atoms with Crippen molar-refractivity contribution in [2.45, 2.75) is 6.92 Å². The molecule has 0 heterocycles. The third kappa shape index (κ3) is 6.01. The second kappa shape index (κ2) is 9.44. The van der Waals surface area contributed by atoms with E-state index >= 15 is 0 Å². The molecule has 0 saturated heterocycles. The lowest BCUT2D eigenvalue weighted by Gasteiger charge is -2.15. The van der Waals surface area contributed by atoms with Crippen LogP contribution in [0, 0.1) is 6.92 Å². The highest BCUT2D eigenvalue weighted by atomic mass is 35.5. The normalized spacial score (nSPS) is 10.7. The molecule has 0 fully saturated rings. The Hall–Kier alpha value is -2.50. The van der Waals surface area contributed by atoms with Crippen LogP contribution in [0.1, 0.15) is 11.1 Å². The van der Waals surface area contributed by atoms with Gasteiger partial charge in [0.1, 0.15) is 5.75 Å². The molecule has 5 nitrogen and oxygen atoms in total. The molecule has 142 valence electrons. The van der Waals surface area contributed by atoms with E-state index in [2.05, 4.69) is 5.32 Å². The molecule has 1 N–H and O–H groups in total. The van der Waals surface area contributed by atoms with Crippen LogP contribution in [0.3, 0.4) is 0 Å².